The van der Waals surface area contributed by atoms with Gasteiger partial charge in [0.05, 0.1) is 12.8 Å². The molecule has 0 saturated carbocycles. The molecular formula is C18H19N5O2. The fourth-order valence-corrected chi connectivity index (χ4v) is 3.29. The van der Waals surface area contributed by atoms with E-state index in [1.165, 1.54) is 0 Å². The summed E-state index contributed by atoms with van der Waals surface area (Å²) >= 11 is 0. The quantitative estimate of drug-likeness (QED) is 0.899. The zero-order valence-corrected chi connectivity index (χ0v) is 13.8. The third-order valence-electron chi connectivity index (χ3n) is 4.62. The lowest BCUT2D eigenvalue weighted by molar-refractivity contribution is -0.130. The van der Waals surface area contributed by atoms with Gasteiger partial charge in [-0.05, 0) is 23.3 Å². The Bertz CT molecular complexity index is 800. The van der Waals surface area contributed by atoms with Gasteiger partial charge in [0.25, 0.3) is 0 Å². The van der Waals surface area contributed by atoms with Crippen molar-refractivity contribution in [3.05, 3.63) is 47.8 Å². The first kappa shape index (κ1) is 15.6. The highest BCUT2D eigenvalue weighted by atomic mass is 16.2. The van der Waals surface area contributed by atoms with E-state index >= 15 is 0 Å². The normalized spacial score (nSPS) is 16.6. The van der Waals surface area contributed by atoms with Crippen LogP contribution in [0.5, 0.6) is 0 Å². The van der Waals surface area contributed by atoms with Gasteiger partial charge in [-0.2, -0.15) is 0 Å². The Morgan fingerprint density at radius 1 is 1.12 bits per heavy atom. The fourth-order valence-electron chi connectivity index (χ4n) is 3.29. The van der Waals surface area contributed by atoms with Gasteiger partial charge in [0.2, 0.25) is 17.8 Å². The fraction of sp³-hybridized carbons (Fsp3) is 0.333. The number of rotatable bonds is 3. The maximum Gasteiger partial charge on any atom is 0.228 e. The number of aromatic nitrogens is 2. The van der Waals surface area contributed by atoms with Crippen molar-refractivity contribution in [1.29, 1.82) is 0 Å². The van der Waals surface area contributed by atoms with Crippen LogP contribution in [0.1, 0.15) is 11.1 Å². The molecule has 128 valence electrons. The first-order valence-electron chi connectivity index (χ1n) is 8.40. The molecule has 1 N–H and O–H groups in total. The number of carbonyl (C=O) groups is 2. The van der Waals surface area contributed by atoms with Gasteiger partial charge in [-0.3, -0.25) is 9.59 Å². The first-order chi connectivity index (χ1) is 12.2. The summed E-state index contributed by atoms with van der Waals surface area (Å²) in [6.45, 7) is 2.81. The number of carbonyl (C=O) groups excluding carboxylic acids is 2. The van der Waals surface area contributed by atoms with Crippen molar-refractivity contribution < 1.29 is 9.59 Å². The van der Waals surface area contributed by atoms with Gasteiger partial charge in [0, 0.05) is 44.3 Å². The van der Waals surface area contributed by atoms with Crippen molar-refractivity contribution in [3.63, 3.8) is 0 Å². The topological polar surface area (TPSA) is 78.4 Å². The second-order valence-electron chi connectivity index (χ2n) is 6.31. The van der Waals surface area contributed by atoms with Gasteiger partial charge in [-0.15, -0.1) is 0 Å². The maximum absolute atomic E-state index is 12.6. The van der Waals surface area contributed by atoms with E-state index in [1.54, 1.807) is 18.5 Å². The predicted octanol–water partition coefficient (Wildman–Crippen LogP) is 0.862. The molecule has 0 spiro atoms. The third kappa shape index (κ3) is 3.31. The van der Waals surface area contributed by atoms with Crippen LogP contribution in [0.4, 0.5) is 11.6 Å². The van der Waals surface area contributed by atoms with Crippen LogP contribution in [0.3, 0.4) is 0 Å². The number of amides is 2. The van der Waals surface area contributed by atoms with Gasteiger partial charge in [0.15, 0.2) is 0 Å². The Labute approximate surface area is 145 Å². The van der Waals surface area contributed by atoms with Crippen molar-refractivity contribution in [2.45, 2.75) is 12.8 Å². The van der Waals surface area contributed by atoms with Crippen molar-refractivity contribution in [1.82, 2.24) is 14.9 Å². The van der Waals surface area contributed by atoms with Crippen molar-refractivity contribution >= 4 is 23.5 Å². The van der Waals surface area contributed by atoms with Crippen LogP contribution in [0.15, 0.2) is 36.7 Å². The van der Waals surface area contributed by atoms with Gasteiger partial charge in [-0.1, -0.05) is 12.1 Å². The number of piperazine rings is 1. The summed E-state index contributed by atoms with van der Waals surface area (Å²) < 4.78 is 0. The first-order valence-corrected chi connectivity index (χ1v) is 8.40. The van der Waals surface area contributed by atoms with Crippen LogP contribution in [-0.2, 0) is 22.4 Å². The molecule has 3 heterocycles. The van der Waals surface area contributed by atoms with Gasteiger partial charge < -0.3 is 15.1 Å². The lowest BCUT2D eigenvalue weighted by atomic mass is 10.1. The third-order valence-corrected chi connectivity index (χ3v) is 4.62. The average Bonchev–Trinajstić information content (AvgIpc) is 3.02. The summed E-state index contributed by atoms with van der Waals surface area (Å²) in [4.78, 5) is 36.5. The number of benzene rings is 1. The van der Waals surface area contributed by atoms with E-state index < -0.39 is 0 Å². The van der Waals surface area contributed by atoms with E-state index in [-0.39, 0.29) is 11.8 Å². The summed E-state index contributed by atoms with van der Waals surface area (Å²) in [5.74, 6) is 0.842. The van der Waals surface area contributed by atoms with Gasteiger partial charge in [-0.25, -0.2) is 9.97 Å². The lowest BCUT2D eigenvalue weighted by Crippen LogP contribution is -2.49. The number of hydrogen-bond acceptors (Lipinski definition) is 5. The summed E-state index contributed by atoms with van der Waals surface area (Å²) in [6.07, 6.45) is 4.22. The smallest absolute Gasteiger partial charge is 0.228 e. The molecule has 7 heteroatoms. The summed E-state index contributed by atoms with van der Waals surface area (Å²) in [7, 11) is 0. The molecule has 0 atom stereocenters. The summed E-state index contributed by atoms with van der Waals surface area (Å²) in [6, 6.07) is 7.55. The van der Waals surface area contributed by atoms with Crippen molar-refractivity contribution in [3.8, 4) is 0 Å². The molecule has 1 saturated heterocycles. The molecule has 1 aromatic heterocycles. The van der Waals surface area contributed by atoms with Crippen LogP contribution in [-0.4, -0.2) is 52.9 Å². The van der Waals surface area contributed by atoms with E-state index in [0.717, 1.165) is 29.9 Å². The number of fused-ring (bicyclic) bond motifs is 1. The molecule has 0 bridgehead atoms. The van der Waals surface area contributed by atoms with E-state index in [9.17, 15) is 9.59 Å². The molecule has 0 unspecified atom stereocenters. The molecule has 0 radical (unpaired) electrons. The minimum absolute atomic E-state index is 0.0118. The lowest BCUT2D eigenvalue weighted by Gasteiger charge is -2.34. The molecule has 2 amide bonds. The number of nitrogens with one attached hydrogen (secondary N) is 1. The minimum atomic E-state index is 0.0118. The second-order valence-corrected chi connectivity index (χ2v) is 6.31. The summed E-state index contributed by atoms with van der Waals surface area (Å²) in [5, 5.41) is 2.81. The second kappa shape index (κ2) is 6.51. The van der Waals surface area contributed by atoms with E-state index in [4.69, 9.17) is 0 Å². The molecular weight excluding hydrogens is 318 g/mol. The van der Waals surface area contributed by atoms with Gasteiger partial charge >= 0.3 is 0 Å². The Kier molecular flexibility index (Phi) is 4.05. The molecule has 2 aliphatic rings. The highest BCUT2D eigenvalue weighted by Crippen LogP contribution is 2.24. The molecule has 1 fully saturated rings. The minimum Gasteiger partial charge on any atom is -0.339 e. The standard InChI is InChI=1S/C18H19N5O2/c24-16-12-14-10-13(2-3-15(14)21-16)11-17(25)22-6-8-23(9-7-22)18-19-4-1-5-20-18/h1-5,10H,6-9,11-12H2,(H,21,24). The van der Waals surface area contributed by atoms with Crippen LogP contribution < -0.4 is 10.2 Å². The average molecular weight is 337 g/mol. The molecule has 1 aromatic carbocycles. The highest BCUT2D eigenvalue weighted by molar-refractivity contribution is 5.99. The Hall–Kier alpha value is -2.96. The monoisotopic (exact) mass is 337 g/mol. The predicted molar refractivity (Wildman–Crippen MR) is 93.3 cm³/mol. The number of hydrogen-bond donors (Lipinski definition) is 1. The molecule has 0 aliphatic carbocycles. The SMILES string of the molecule is O=C1Cc2cc(CC(=O)N3CCN(c4ncccn4)CC3)ccc2N1. The Morgan fingerprint density at radius 2 is 1.88 bits per heavy atom. The largest absolute Gasteiger partial charge is 0.339 e. The van der Waals surface area contributed by atoms with Crippen molar-refractivity contribution in [2.75, 3.05) is 36.4 Å². The summed E-state index contributed by atoms with van der Waals surface area (Å²) in [5.41, 5.74) is 2.79. The zero-order chi connectivity index (χ0) is 17.2. The van der Waals surface area contributed by atoms with E-state index in [1.807, 2.05) is 23.1 Å². The maximum atomic E-state index is 12.6. The Morgan fingerprint density at radius 3 is 2.64 bits per heavy atom. The Balaban J connectivity index is 1.35. The molecule has 2 aliphatic heterocycles. The van der Waals surface area contributed by atoms with Gasteiger partial charge in [0.1, 0.15) is 0 Å². The molecule has 7 nitrogen and oxygen atoms in total. The molecule has 25 heavy (non-hydrogen) atoms. The van der Waals surface area contributed by atoms with Crippen LogP contribution in [0, 0.1) is 0 Å². The van der Waals surface area contributed by atoms with Crippen LogP contribution in [0.2, 0.25) is 0 Å². The van der Waals surface area contributed by atoms with E-state index in [2.05, 4.69) is 20.2 Å². The highest BCUT2D eigenvalue weighted by Gasteiger charge is 2.23. The number of nitrogens with zero attached hydrogens (tertiary/aromatic N) is 4. The zero-order valence-electron chi connectivity index (χ0n) is 13.8. The molecule has 2 aromatic rings. The van der Waals surface area contributed by atoms with Crippen LogP contribution >= 0.6 is 0 Å². The van der Waals surface area contributed by atoms with E-state index in [0.29, 0.717) is 31.9 Å². The van der Waals surface area contributed by atoms with Crippen molar-refractivity contribution in [2.24, 2.45) is 0 Å². The number of anilines is 2. The molecule has 4 rings (SSSR count). The van der Waals surface area contributed by atoms with Crippen LogP contribution in [0.25, 0.3) is 0 Å².